The van der Waals surface area contributed by atoms with Crippen LogP contribution >= 0.6 is 0 Å². The molecule has 0 saturated carbocycles. The maximum Gasteiger partial charge on any atom is 0.573 e. The maximum absolute atomic E-state index is 14.7. The third kappa shape index (κ3) is 4.69. The Morgan fingerprint density at radius 2 is 1.81 bits per heavy atom. The highest BCUT2D eigenvalue weighted by atomic mass is 32.2. The molecule has 31 heavy (non-hydrogen) atoms. The van der Waals surface area contributed by atoms with E-state index in [2.05, 4.69) is 9.89 Å². The van der Waals surface area contributed by atoms with Crippen LogP contribution in [-0.4, -0.2) is 31.3 Å². The summed E-state index contributed by atoms with van der Waals surface area (Å²) in [4.78, 5) is -0.881. The molecule has 3 rings (SSSR count). The van der Waals surface area contributed by atoms with E-state index in [4.69, 9.17) is 4.52 Å². The summed E-state index contributed by atoms with van der Waals surface area (Å²) >= 11 is 0. The zero-order valence-corrected chi connectivity index (χ0v) is 16.7. The molecule has 0 amide bonds. The molecule has 0 saturated heterocycles. The molecule has 0 spiro atoms. The summed E-state index contributed by atoms with van der Waals surface area (Å²) in [5, 5.41) is 13.2. The Morgan fingerprint density at radius 1 is 1.13 bits per heavy atom. The highest BCUT2D eigenvalue weighted by Gasteiger charge is 2.32. The van der Waals surface area contributed by atoms with Gasteiger partial charge in [0.2, 0.25) is 0 Å². The zero-order valence-electron chi connectivity index (χ0n) is 15.9. The smallest absolute Gasteiger partial charge is 0.405 e. The second kappa shape index (κ2) is 7.93. The fourth-order valence-electron chi connectivity index (χ4n) is 2.89. The van der Waals surface area contributed by atoms with Crippen molar-refractivity contribution in [2.75, 3.05) is 6.26 Å². The molecule has 3 aromatic rings. The quantitative estimate of drug-likeness (QED) is 0.565. The fraction of sp³-hybridized carbons (Fsp3) is 0.211. The van der Waals surface area contributed by atoms with Crippen LogP contribution in [0.3, 0.4) is 0 Å². The average molecular weight is 463 g/mol. The molecular formula is C19H14F5NO5S. The maximum atomic E-state index is 14.7. The molecule has 166 valence electrons. The van der Waals surface area contributed by atoms with E-state index in [0.717, 1.165) is 6.07 Å². The van der Waals surface area contributed by atoms with Gasteiger partial charge >= 0.3 is 6.36 Å². The molecule has 0 unspecified atom stereocenters. The van der Waals surface area contributed by atoms with E-state index < -0.39 is 50.6 Å². The Bertz CT molecular complexity index is 1250. The van der Waals surface area contributed by atoms with Crippen molar-refractivity contribution in [3.8, 4) is 28.1 Å². The van der Waals surface area contributed by atoms with Gasteiger partial charge in [-0.05, 0) is 30.7 Å². The lowest BCUT2D eigenvalue weighted by molar-refractivity contribution is -0.274. The van der Waals surface area contributed by atoms with E-state index in [1.54, 1.807) is 0 Å². The number of hydrogen-bond donors (Lipinski definition) is 1. The molecule has 6 nitrogen and oxygen atoms in total. The molecule has 1 aromatic heterocycles. The van der Waals surface area contributed by atoms with Crippen LogP contribution in [0.1, 0.15) is 11.3 Å². The molecular weight excluding hydrogens is 449 g/mol. The van der Waals surface area contributed by atoms with E-state index in [0.29, 0.717) is 18.4 Å². The Hall–Kier alpha value is -2.99. The lowest BCUT2D eigenvalue weighted by atomic mass is 9.97. The summed E-state index contributed by atoms with van der Waals surface area (Å²) in [5.41, 5.74) is -0.815. The summed E-state index contributed by atoms with van der Waals surface area (Å²) in [7, 11) is -4.07. The molecule has 0 radical (unpaired) electrons. The van der Waals surface area contributed by atoms with Gasteiger partial charge in [-0.15, -0.1) is 13.2 Å². The number of ether oxygens (including phenoxy) is 1. The molecule has 12 heteroatoms. The zero-order chi connectivity index (χ0) is 23.1. The van der Waals surface area contributed by atoms with Gasteiger partial charge in [0, 0.05) is 17.4 Å². The van der Waals surface area contributed by atoms with Gasteiger partial charge in [0.25, 0.3) is 0 Å². The molecule has 1 heterocycles. The highest BCUT2D eigenvalue weighted by molar-refractivity contribution is 7.90. The monoisotopic (exact) mass is 463 g/mol. The summed E-state index contributed by atoms with van der Waals surface area (Å²) in [6.07, 6.45) is -4.27. The number of aliphatic hydroxyl groups is 1. The first-order valence-electron chi connectivity index (χ1n) is 8.47. The summed E-state index contributed by atoms with van der Waals surface area (Å²) in [5.74, 6) is -3.29. The van der Waals surface area contributed by atoms with E-state index in [1.165, 1.54) is 19.1 Å². The summed E-state index contributed by atoms with van der Waals surface area (Å²) in [6.45, 7) is 0.571. The van der Waals surface area contributed by atoms with Gasteiger partial charge in [-0.3, -0.25) is 0 Å². The predicted octanol–water partition coefficient (Wildman–Crippen LogP) is 4.39. The standard InChI is InChI=1S/C19H14F5NO5S/c1-9-3-4-10(5-14(9)29-19(22,23)24)18-17(15(8-26)30-25-18)11-6-13(21)16(7-12(11)20)31(2,27)28/h3-7,26H,8H2,1-2H3. The second-order valence-electron chi connectivity index (χ2n) is 6.55. The molecule has 0 bridgehead atoms. The van der Waals surface area contributed by atoms with Crippen LogP contribution in [-0.2, 0) is 16.4 Å². The molecule has 0 aliphatic carbocycles. The van der Waals surface area contributed by atoms with Gasteiger partial charge in [-0.1, -0.05) is 17.3 Å². The molecule has 0 aliphatic heterocycles. The molecule has 0 atom stereocenters. The topological polar surface area (TPSA) is 89.6 Å². The number of halogens is 5. The number of alkyl halides is 3. The van der Waals surface area contributed by atoms with Gasteiger partial charge in [0.1, 0.15) is 34.6 Å². The van der Waals surface area contributed by atoms with Crippen molar-refractivity contribution in [1.82, 2.24) is 5.16 Å². The summed E-state index contributed by atoms with van der Waals surface area (Å²) in [6, 6.07) is 4.66. The van der Waals surface area contributed by atoms with Crippen molar-refractivity contribution in [2.45, 2.75) is 24.8 Å². The van der Waals surface area contributed by atoms with Gasteiger partial charge in [0.05, 0.1) is 5.56 Å². The van der Waals surface area contributed by atoms with Crippen LogP contribution in [0.25, 0.3) is 22.4 Å². The normalized spacial score (nSPS) is 12.3. The molecule has 0 fully saturated rings. The Kier molecular flexibility index (Phi) is 5.80. The van der Waals surface area contributed by atoms with Crippen LogP contribution in [0.4, 0.5) is 22.0 Å². The van der Waals surface area contributed by atoms with Crippen molar-refractivity contribution in [3.63, 3.8) is 0 Å². The number of hydrogen-bond acceptors (Lipinski definition) is 6. The number of aromatic nitrogens is 1. The minimum Gasteiger partial charge on any atom is -0.405 e. The Labute approximate surface area is 172 Å². The SMILES string of the molecule is Cc1ccc(-c2noc(CO)c2-c2cc(F)c(S(C)(=O)=O)cc2F)cc1OC(F)(F)F. The van der Waals surface area contributed by atoms with Crippen molar-refractivity contribution in [2.24, 2.45) is 0 Å². The Balaban J connectivity index is 2.22. The van der Waals surface area contributed by atoms with Crippen molar-refractivity contribution < 1.29 is 44.7 Å². The highest BCUT2D eigenvalue weighted by Crippen LogP contribution is 2.39. The average Bonchev–Trinajstić information content (AvgIpc) is 3.07. The number of rotatable bonds is 5. The minimum atomic E-state index is -4.97. The first-order valence-corrected chi connectivity index (χ1v) is 10.4. The number of aryl methyl sites for hydroxylation is 1. The third-order valence-electron chi connectivity index (χ3n) is 4.28. The van der Waals surface area contributed by atoms with Gasteiger partial charge in [-0.2, -0.15) is 0 Å². The van der Waals surface area contributed by atoms with E-state index in [9.17, 15) is 35.5 Å². The first kappa shape index (κ1) is 22.7. The number of sulfone groups is 1. The third-order valence-corrected chi connectivity index (χ3v) is 5.40. The number of benzene rings is 2. The van der Waals surface area contributed by atoms with Crippen LogP contribution in [0.15, 0.2) is 39.8 Å². The van der Waals surface area contributed by atoms with Crippen molar-refractivity contribution in [3.05, 3.63) is 53.3 Å². The van der Waals surface area contributed by atoms with Crippen molar-refractivity contribution >= 4 is 9.84 Å². The lowest BCUT2D eigenvalue weighted by Crippen LogP contribution is -2.17. The second-order valence-corrected chi connectivity index (χ2v) is 8.53. The Morgan fingerprint density at radius 3 is 2.39 bits per heavy atom. The summed E-state index contributed by atoms with van der Waals surface area (Å²) < 4.78 is 99.3. The number of nitrogens with zero attached hydrogens (tertiary/aromatic N) is 1. The van der Waals surface area contributed by atoms with Gasteiger partial charge < -0.3 is 14.4 Å². The van der Waals surface area contributed by atoms with E-state index >= 15 is 0 Å². The van der Waals surface area contributed by atoms with Gasteiger partial charge in [-0.25, -0.2) is 17.2 Å². The number of aliphatic hydroxyl groups excluding tert-OH is 1. The largest absolute Gasteiger partial charge is 0.573 e. The fourth-order valence-corrected chi connectivity index (χ4v) is 3.62. The van der Waals surface area contributed by atoms with Crippen LogP contribution in [0.5, 0.6) is 5.75 Å². The van der Waals surface area contributed by atoms with Crippen LogP contribution < -0.4 is 4.74 Å². The van der Waals surface area contributed by atoms with Crippen molar-refractivity contribution in [1.29, 1.82) is 0 Å². The molecule has 1 N–H and O–H groups in total. The predicted molar refractivity (Wildman–Crippen MR) is 97.7 cm³/mol. The van der Waals surface area contributed by atoms with Crippen LogP contribution in [0, 0.1) is 18.6 Å². The lowest BCUT2D eigenvalue weighted by Gasteiger charge is -2.13. The molecule has 0 aliphatic rings. The minimum absolute atomic E-state index is 0.00435. The molecule has 2 aromatic carbocycles. The van der Waals surface area contributed by atoms with E-state index in [-0.39, 0.29) is 28.1 Å². The first-order chi connectivity index (χ1) is 14.3. The van der Waals surface area contributed by atoms with E-state index in [1.807, 2.05) is 0 Å². The van der Waals surface area contributed by atoms with Crippen LogP contribution in [0.2, 0.25) is 0 Å². The van der Waals surface area contributed by atoms with Gasteiger partial charge in [0.15, 0.2) is 15.6 Å².